The van der Waals surface area contributed by atoms with Crippen LogP contribution in [0.3, 0.4) is 0 Å². The first-order chi connectivity index (χ1) is 30.4. The number of carbonyl (C=O) groups is 4. The first kappa shape index (κ1) is 46.0. The molecule has 346 valence electrons. The predicted octanol–water partition coefficient (Wildman–Crippen LogP) is 7.35. The van der Waals surface area contributed by atoms with Crippen molar-refractivity contribution in [3.05, 3.63) is 48.0 Å². The van der Waals surface area contributed by atoms with E-state index in [2.05, 4.69) is 37.3 Å². The second kappa shape index (κ2) is 18.4. The number of Topliss-reactive ketones (excluding diaryl/α,β-unsaturated/α-hetero) is 1. The number of likely N-dealkylation sites (tertiary alicyclic amines) is 1. The molecule has 0 bridgehead atoms. The van der Waals surface area contributed by atoms with Crippen LogP contribution in [0.1, 0.15) is 85.5 Å². The molecule has 0 spiro atoms. The van der Waals surface area contributed by atoms with Crippen molar-refractivity contribution in [1.29, 1.82) is 0 Å². The molecule has 3 saturated carbocycles. The lowest BCUT2D eigenvalue weighted by Gasteiger charge is -2.35. The van der Waals surface area contributed by atoms with Crippen LogP contribution >= 0.6 is 11.6 Å². The van der Waals surface area contributed by atoms with E-state index in [1.807, 2.05) is 26.8 Å². The molecule has 5 aliphatic rings. The zero-order valence-electron chi connectivity index (χ0n) is 38.1. The van der Waals surface area contributed by atoms with Crippen molar-refractivity contribution in [2.45, 2.75) is 104 Å². The molecule has 3 aromatic rings. The van der Waals surface area contributed by atoms with Gasteiger partial charge in [0.25, 0.3) is 0 Å². The van der Waals surface area contributed by atoms with Gasteiger partial charge in [0.1, 0.15) is 47.3 Å². The Hall–Kier alpha value is -4.53. The van der Waals surface area contributed by atoms with Gasteiger partial charge in [-0.25, -0.2) is 9.97 Å². The number of hydrogen-bond donors (Lipinski definition) is 1. The Morgan fingerprint density at radius 2 is 1.75 bits per heavy atom. The second-order valence-corrected chi connectivity index (χ2v) is 21.0. The number of halogens is 1. The molecule has 8 rings (SSSR count). The summed E-state index contributed by atoms with van der Waals surface area (Å²) >= 11 is 7.13. The number of allylic oxidation sites excluding steroid dienone is 1. The minimum atomic E-state index is -1.27. The van der Waals surface area contributed by atoms with Gasteiger partial charge in [-0.2, -0.15) is 0 Å². The SMILES string of the molecule is C=C[C@@H]1CC1(CC(=O)[C@@H]1C[C@@H](Oc2cc(-c3coc(CC(C)C)n3)nc3c(Cl)c(OCCN4CCN(C)CC4)ccc23)CN1C(=O)[C@@H](CC(=O)OC1C[C@@H]2C[C@@H]2C1)C(C)(C)C)C(=O)O. The van der Waals surface area contributed by atoms with E-state index in [4.69, 9.17) is 40.2 Å². The number of carboxylic acid groups (broad SMARTS) is 1. The van der Waals surface area contributed by atoms with Crippen molar-refractivity contribution >= 4 is 46.1 Å². The van der Waals surface area contributed by atoms with Crippen LogP contribution in [0.2, 0.25) is 5.02 Å². The number of fused-ring (bicyclic) bond motifs is 2. The Morgan fingerprint density at radius 3 is 2.41 bits per heavy atom. The zero-order chi connectivity index (χ0) is 45.7. The van der Waals surface area contributed by atoms with Crippen LogP contribution < -0.4 is 9.47 Å². The summed E-state index contributed by atoms with van der Waals surface area (Å²) in [6.45, 7) is 18.8. The van der Waals surface area contributed by atoms with E-state index in [-0.39, 0.29) is 49.5 Å². The third-order valence-electron chi connectivity index (χ3n) is 14.3. The molecular formula is C49H64ClN5O9. The molecule has 2 unspecified atom stereocenters. The maximum absolute atomic E-state index is 14.9. The lowest BCUT2D eigenvalue weighted by molar-refractivity contribution is -0.157. The lowest BCUT2D eigenvalue weighted by atomic mass is 9.77. The number of aliphatic carboxylic acids is 1. The number of amides is 1. The molecule has 3 aliphatic carbocycles. The normalized spacial score (nSPS) is 27.3. The van der Waals surface area contributed by atoms with E-state index in [1.165, 1.54) is 11.3 Å². The highest BCUT2D eigenvalue weighted by molar-refractivity contribution is 6.36. The van der Waals surface area contributed by atoms with Gasteiger partial charge in [-0.05, 0) is 74.0 Å². The van der Waals surface area contributed by atoms with Gasteiger partial charge in [-0.15, -0.1) is 6.58 Å². The Labute approximate surface area is 381 Å². The molecule has 0 radical (unpaired) electrons. The van der Waals surface area contributed by atoms with Gasteiger partial charge in [-0.3, -0.25) is 24.1 Å². The highest BCUT2D eigenvalue weighted by Crippen LogP contribution is 2.57. The maximum Gasteiger partial charge on any atom is 0.310 e. The molecule has 15 heteroatoms. The molecule has 64 heavy (non-hydrogen) atoms. The molecule has 4 heterocycles. The predicted molar refractivity (Wildman–Crippen MR) is 241 cm³/mol. The smallest absolute Gasteiger partial charge is 0.310 e. The van der Waals surface area contributed by atoms with Crippen molar-refractivity contribution in [2.75, 3.05) is 52.9 Å². The number of hydrogen-bond acceptors (Lipinski definition) is 12. The Morgan fingerprint density at radius 1 is 1.02 bits per heavy atom. The number of carboxylic acids is 1. The number of nitrogens with zero attached hydrogens (tertiary/aromatic N) is 5. The van der Waals surface area contributed by atoms with E-state index in [1.54, 1.807) is 24.5 Å². The standard InChI is InChI=1S/C49H64ClN5O9/c1-8-31-24-49(31,47(59)60)25-39(56)38-21-33(26-55(38)46(58)35(48(4,5)6)22-43(57)64-32-19-29-18-30(29)20-32)63-41-23-36(37-27-62-42(51-37)17-28(2)3)52-45-34(41)9-10-40(44(45)50)61-16-15-54-13-11-53(7)12-14-54/h8-10,23,27-33,35,38H,1,11-22,24-26H2,2-7H3,(H,59,60)/t29-,30+,31-,32?,33-,35-,38+,49?/m1/s1. The molecular weight excluding hydrogens is 838 g/mol. The Bertz CT molecular complexity index is 2260. The van der Waals surface area contributed by atoms with Crippen LogP contribution in [0.4, 0.5) is 0 Å². The topological polar surface area (TPSA) is 165 Å². The van der Waals surface area contributed by atoms with Crippen molar-refractivity contribution in [2.24, 2.45) is 40.4 Å². The third kappa shape index (κ3) is 9.99. The number of benzene rings is 1. The number of rotatable bonds is 18. The number of ether oxygens (including phenoxy) is 3. The molecule has 14 nitrogen and oxygen atoms in total. The van der Waals surface area contributed by atoms with Gasteiger partial charge in [0, 0.05) is 63.4 Å². The van der Waals surface area contributed by atoms with Gasteiger partial charge in [-0.1, -0.05) is 52.3 Å². The van der Waals surface area contributed by atoms with Crippen LogP contribution in [0.5, 0.6) is 11.5 Å². The van der Waals surface area contributed by atoms with Crippen molar-refractivity contribution in [3.63, 3.8) is 0 Å². The molecule has 8 atom stereocenters. The van der Waals surface area contributed by atoms with Crippen molar-refractivity contribution in [3.8, 4) is 22.9 Å². The summed E-state index contributed by atoms with van der Waals surface area (Å²) in [4.78, 5) is 71.3. The molecule has 1 aromatic carbocycles. The Kier molecular flexibility index (Phi) is 13.2. The van der Waals surface area contributed by atoms with E-state index < -0.39 is 40.8 Å². The zero-order valence-corrected chi connectivity index (χ0v) is 38.9. The molecule has 1 amide bonds. The lowest BCUT2D eigenvalue weighted by Crippen LogP contribution is -2.48. The van der Waals surface area contributed by atoms with Gasteiger partial charge >= 0.3 is 11.9 Å². The monoisotopic (exact) mass is 901 g/mol. The fourth-order valence-corrected chi connectivity index (χ4v) is 10.4. The van der Waals surface area contributed by atoms with Crippen molar-refractivity contribution < 1.29 is 42.9 Å². The largest absolute Gasteiger partial charge is 0.491 e. The van der Waals surface area contributed by atoms with Gasteiger partial charge < -0.3 is 33.5 Å². The number of likely N-dealkylation sites (N-methyl/N-ethyl adjacent to an activating group) is 1. The van der Waals surface area contributed by atoms with Crippen molar-refractivity contribution in [1.82, 2.24) is 24.7 Å². The maximum atomic E-state index is 14.9. The molecule has 1 N–H and O–H groups in total. The van der Waals surface area contributed by atoms with Crippen LogP contribution in [0, 0.1) is 40.4 Å². The fourth-order valence-electron chi connectivity index (χ4n) is 10.1. The Balaban J connectivity index is 1.09. The summed E-state index contributed by atoms with van der Waals surface area (Å²) in [5, 5.41) is 11.2. The highest BCUT2D eigenvalue weighted by atomic mass is 35.5. The summed E-state index contributed by atoms with van der Waals surface area (Å²) in [6, 6.07) is 4.42. The number of pyridine rings is 1. The summed E-state index contributed by atoms with van der Waals surface area (Å²) < 4.78 is 24.9. The number of piperazine rings is 1. The quantitative estimate of drug-likeness (QED) is 0.0997. The highest BCUT2D eigenvalue weighted by Gasteiger charge is 2.61. The molecule has 2 aliphatic heterocycles. The van der Waals surface area contributed by atoms with E-state index in [0.29, 0.717) is 81.9 Å². The summed E-state index contributed by atoms with van der Waals surface area (Å²) in [5.74, 6) is -0.365. The first-order valence-corrected chi connectivity index (χ1v) is 23.5. The second-order valence-electron chi connectivity index (χ2n) is 20.6. The van der Waals surface area contributed by atoms with E-state index in [0.717, 1.165) is 45.6 Å². The molecule has 2 aromatic heterocycles. The summed E-state index contributed by atoms with van der Waals surface area (Å²) in [7, 11) is 2.12. The van der Waals surface area contributed by atoms with Gasteiger partial charge in [0.05, 0.1) is 41.6 Å². The summed E-state index contributed by atoms with van der Waals surface area (Å²) in [5.41, 5.74) is -0.571. The number of oxazole rings is 1. The van der Waals surface area contributed by atoms with Crippen LogP contribution in [-0.2, 0) is 30.3 Å². The molecule has 2 saturated heterocycles. The fraction of sp³-hybridized carbons (Fsp3) is 0.633. The van der Waals surface area contributed by atoms with Crippen LogP contribution in [-0.4, -0.2) is 125 Å². The number of esters is 1. The van der Waals surface area contributed by atoms with Crippen LogP contribution in [0.25, 0.3) is 22.3 Å². The summed E-state index contributed by atoms with van der Waals surface area (Å²) in [6.07, 6.45) is 5.87. The minimum Gasteiger partial charge on any atom is -0.491 e. The van der Waals surface area contributed by atoms with Gasteiger partial charge in [0.2, 0.25) is 5.91 Å². The number of carbonyl (C=O) groups excluding carboxylic acids is 3. The first-order valence-electron chi connectivity index (χ1n) is 23.1. The van der Waals surface area contributed by atoms with E-state index >= 15 is 0 Å². The molecule has 5 fully saturated rings. The van der Waals surface area contributed by atoms with E-state index in [9.17, 15) is 24.3 Å². The average Bonchev–Trinajstić information content (AvgIpc) is 3.91. The van der Waals surface area contributed by atoms with Gasteiger partial charge in [0.15, 0.2) is 11.7 Å². The third-order valence-corrected chi connectivity index (χ3v) is 14.6. The number of aromatic nitrogens is 2. The minimum absolute atomic E-state index is 0.0245. The number of ketones is 1. The van der Waals surface area contributed by atoms with Crippen LogP contribution in [0.15, 0.2) is 41.5 Å². The average molecular weight is 903 g/mol.